The molecular weight excluding hydrogens is 300 g/mol. The second-order valence-corrected chi connectivity index (χ2v) is 5.90. The summed E-state index contributed by atoms with van der Waals surface area (Å²) in [6.45, 7) is 5.75. The van der Waals surface area contributed by atoms with E-state index in [1.54, 1.807) is 30.3 Å². The van der Waals surface area contributed by atoms with Gasteiger partial charge in [0.05, 0.1) is 0 Å². The molecule has 0 aromatic heterocycles. The molecule has 0 fully saturated rings. The molecule has 0 aliphatic rings. The molecule has 0 heterocycles. The van der Waals surface area contributed by atoms with Gasteiger partial charge in [-0.25, -0.2) is 0 Å². The summed E-state index contributed by atoms with van der Waals surface area (Å²) in [5.74, 6) is 0.167. The number of hydrogen-bond acceptors (Lipinski definition) is 2. The van der Waals surface area contributed by atoms with Gasteiger partial charge in [0.1, 0.15) is 0 Å². The first-order valence-corrected chi connectivity index (χ1v) is 7.91. The lowest BCUT2D eigenvalue weighted by atomic mass is 10.0. The summed E-state index contributed by atoms with van der Waals surface area (Å²) in [5, 5.41) is 5.46. The minimum Gasteiger partial charge on any atom is -0.326 e. The molecule has 124 valence electrons. The van der Waals surface area contributed by atoms with Crippen molar-refractivity contribution in [2.75, 3.05) is 10.6 Å². The Balaban J connectivity index is 1.93. The van der Waals surface area contributed by atoms with Crippen molar-refractivity contribution < 1.29 is 9.59 Å². The fourth-order valence-electron chi connectivity index (χ4n) is 2.19. The fourth-order valence-corrected chi connectivity index (χ4v) is 2.19. The van der Waals surface area contributed by atoms with Crippen LogP contribution in [0.1, 0.15) is 37.8 Å². The van der Waals surface area contributed by atoms with Gasteiger partial charge in [0, 0.05) is 24.4 Å². The number of nitrogens with one attached hydrogen (secondary N) is 2. The van der Waals surface area contributed by atoms with Crippen LogP contribution in [0, 0.1) is 0 Å². The predicted molar refractivity (Wildman–Crippen MR) is 98.9 cm³/mol. The molecule has 2 amide bonds. The van der Waals surface area contributed by atoms with Crippen molar-refractivity contribution in [1.82, 2.24) is 0 Å². The molecule has 0 aliphatic heterocycles. The molecule has 24 heavy (non-hydrogen) atoms. The molecule has 2 aromatic carbocycles. The van der Waals surface area contributed by atoms with Crippen LogP contribution in [-0.4, -0.2) is 11.8 Å². The first-order valence-electron chi connectivity index (χ1n) is 7.91. The first kappa shape index (κ1) is 17.5. The van der Waals surface area contributed by atoms with Gasteiger partial charge in [-0.2, -0.15) is 0 Å². The molecule has 2 N–H and O–H groups in total. The lowest BCUT2D eigenvalue weighted by Crippen LogP contribution is -2.08. The summed E-state index contributed by atoms with van der Waals surface area (Å²) in [7, 11) is 0. The highest BCUT2D eigenvalue weighted by Gasteiger charge is 2.00. The van der Waals surface area contributed by atoms with Crippen molar-refractivity contribution in [2.24, 2.45) is 0 Å². The molecule has 2 aromatic rings. The Morgan fingerprint density at radius 2 is 1.42 bits per heavy atom. The Morgan fingerprint density at radius 3 is 1.92 bits per heavy atom. The number of benzene rings is 2. The van der Waals surface area contributed by atoms with Crippen LogP contribution in [0.4, 0.5) is 11.4 Å². The highest BCUT2D eigenvalue weighted by molar-refractivity contribution is 6.02. The number of rotatable bonds is 5. The average molecular weight is 322 g/mol. The zero-order valence-electron chi connectivity index (χ0n) is 14.2. The van der Waals surface area contributed by atoms with Crippen LogP contribution < -0.4 is 10.6 Å². The maximum Gasteiger partial charge on any atom is 0.248 e. The molecule has 0 unspecified atom stereocenters. The highest BCUT2D eigenvalue weighted by atomic mass is 16.2. The normalized spacial score (nSPS) is 10.8. The molecule has 2 rings (SSSR count). The van der Waals surface area contributed by atoms with E-state index in [9.17, 15) is 9.59 Å². The monoisotopic (exact) mass is 322 g/mol. The zero-order chi connectivity index (χ0) is 17.5. The zero-order valence-corrected chi connectivity index (χ0v) is 14.2. The number of carbonyl (C=O) groups is 2. The van der Waals surface area contributed by atoms with Gasteiger partial charge in [-0.05, 0) is 47.4 Å². The molecule has 0 saturated heterocycles. The maximum absolute atomic E-state index is 12.0. The Labute approximate surface area is 142 Å². The molecule has 0 spiro atoms. The Kier molecular flexibility index (Phi) is 5.90. The summed E-state index contributed by atoms with van der Waals surface area (Å²) in [6, 6.07) is 15.1. The molecule has 0 saturated carbocycles. The van der Waals surface area contributed by atoms with E-state index in [4.69, 9.17) is 0 Å². The molecule has 0 radical (unpaired) electrons. The molecule has 0 aliphatic carbocycles. The van der Waals surface area contributed by atoms with Gasteiger partial charge < -0.3 is 10.6 Å². The van der Waals surface area contributed by atoms with Crippen LogP contribution in [0.5, 0.6) is 0 Å². The standard InChI is InChI=1S/C20H22N2O2/c1-14(2)17-7-4-16(5-8-17)6-13-20(24)22-19-11-9-18(10-12-19)21-15(3)23/h4-14H,1-3H3,(H,21,23)(H,22,24)/b13-6+. The molecule has 0 bridgehead atoms. The van der Waals surface area contributed by atoms with E-state index >= 15 is 0 Å². The van der Waals surface area contributed by atoms with Gasteiger partial charge >= 0.3 is 0 Å². The van der Waals surface area contributed by atoms with Crippen LogP contribution >= 0.6 is 0 Å². The third-order valence-corrected chi connectivity index (χ3v) is 3.50. The van der Waals surface area contributed by atoms with Crippen LogP contribution in [0.3, 0.4) is 0 Å². The maximum atomic E-state index is 12.0. The number of hydrogen-bond donors (Lipinski definition) is 2. The molecule has 0 atom stereocenters. The Bertz CT molecular complexity index is 729. The van der Waals surface area contributed by atoms with E-state index in [0.29, 0.717) is 17.3 Å². The van der Waals surface area contributed by atoms with E-state index in [0.717, 1.165) is 5.56 Å². The third kappa shape index (κ3) is 5.39. The minimum absolute atomic E-state index is 0.127. The topological polar surface area (TPSA) is 58.2 Å². The first-order chi connectivity index (χ1) is 11.4. The molecule has 4 heteroatoms. The Hall–Kier alpha value is -2.88. The lowest BCUT2D eigenvalue weighted by Gasteiger charge is -2.05. The summed E-state index contributed by atoms with van der Waals surface area (Å²) in [6.07, 6.45) is 3.29. The van der Waals surface area contributed by atoms with Crippen LogP contribution in [0.2, 0.25) is 0 Å². The fraction of sp³-hybridized carbons (Fsp3) is 0.200. The van der Waals surface area contributed by atoms with Gasteiger partial charge in [0.25, 0.3) is 0 Å². The van der Waals surface area contributed by atoms with Crippen molar-refractivity contribution in [3.05, 3.63) is 65.7 Å². The average Bonchev–Trinajstić information content (AvgIpc) is 2.54. The quantitative estimate of drug-likeness (QED) is 0.801. The summed E-state index contributed by atoms with van der Waals surface area (Å²) in [4.78, 5) is 22.9. The lowest BCUT2D eigenvalue weighted by molar-refractivity contribution is -0.114. The van der Waals surface area contributed by atoms with Crippen molar-refractivity contribution in [1.29, 1.82) is 0 Å². The van der Waals surface area contributed by atoms with Gasteiger partial charge in [0.2, 0.25) is 11.8 Å². The second kappa shape index (κ2) is 8.11. The summed E-state index contributed by atoms with van der Waals surface area (Å²) in [5.41, 5.74) is 3.63. The van der Waals surface area contributed by atoms with Crippen molar-refractivity contribution in [2.45, 2.75) is 26.7 Å². The van der Waals surface area contributed by atoms with Gasteiger partial charge in [-0.3, -0.25) is 9.59 Å². The van der Waals surface area contributed by atoms with Gasteiger partial charge in [-0.15, -0.1) is 0 Å². The predicted octanol–water partition coefficient (Wildman–Crippen LogP) is 4.42. The number of amides is 2. The second-order valence-electron chi connectivity index (χ2n) is 5.90. The smallest absolute Gasteiger partial charge is 0.248 e. The SMILES string of the molecule is CC(=O)Nc1ccc(NC(=O)/C=C/c2ccc(C(C)C)cc2)cc1. The van der Waals surface area contributed by atoms with Crippen LogP contribution in [0.15, 0.2) is 54.6 Å². The largest absolute Gasteiger partial charge is 0.326 e. The third-order valence-electron chi connectivity index (χ3n) is 3.50. The summed E-state index contributed by atoms with van der Waals surface area (Å²) < 4.78 is 0. The van der Waals surface area contributed by atoms with E-state index in [1.165, 1.54) is 18.6 Å². The van der Waals surface area contributed by atoms with Gasteiger partial charge in [-0.1, -0.05) is 38.1 Å². The number of anilines is 2. The van der Waals surface area contributed by atoms with Crippen LogP contribution in [-0.2, 0) is 9.59 Å². The van der Waals surface area contributed by atoms with E-state index in [1.807, 2.05) is 12.1 Å². The minimum atomic E-state index is -0.199. The van der Waals surface area contributed by atoms with E-state index in [2.05, 4.69) is 36.6 Å². The Morgan fingerprint density at radius 1 is 0.875 bits per heavy atom. The highest BCUT2D eigenvalue weighted by Crippen LogP contribution is 2.16. The van der Waals surface area contributed by atoms with Crippen LogP contribution in [0.25, 0.3) is 6.08 Å². The van der Waals surface area contributed by atoms with Crippen molar-refractivity contribution >= 4 is 29.3 Å². The molecule has 4 nitrogen and oxygen atoms in total. The summed E-state index contributed by atoms with van der Waals surface area (Å²) >= 11 is 0. The van der Waals surface area contributed by atoms with E-state index < -0.39 is 0 Å². The number of carbonyl (C=O) groups excluding carboxylic acids is 2. The molecular formula is C20H22N2O2. The van der Waals surface area contributed by atoms with Crippen molar-refractivity contribution in [3.8, 4) is 0 Å². The van der Waals surface area contributed by atoms with E-state index in [-0.39, 0.29) is 11.8 Å². The van der Waals surface area contributed by atoms with Gasteiger partial charge in [0.15, 0.2) is 0 Å². The van der Waals surface area contributed by atoms with Crippen molar-refractivity contribution in [3.63, 3.8) is 0 Å².